The van der Waals surface area contributed by atoms with E-state index < -0.39 is 26.6 Å². The highest BCUT2D eigenvalue weighted by Gasteiger charge is 2.22. The highest BCUT2D eigenvalue weighted by molar-refractivity contribution is 7.92. The monoisotopic (exact) mass is 287 g/mol. The van der Waals surface area contributed by atoms with Crippen LogP contribution >= 0.6 is 0 Å². The summed E-state index contributed by atoms with van der Waals surface area (Å²) in [5.74, 6) is -1.81. The van der Waals surface area contributed by atoms with Crippen LogP contribution in [0, 0.1) is 25.5 Å². The number of nitrogens with zero attached hydrogens (tertiary/aromatic N) is 1. The lowest BCUT2D eigenvalue weighted by Gasteiger charge is -2.07. The number of aromatic amines is 1. The van der Waals surface area contributed by atoms with Crippen LogP contribution in [0.3, 0.4) is 0 Å². The zero-order chi connectivity index (χ0) is 14.2. The lowest BCUT2D eigenvalue weighted by molar-refractivity contribution is 0.555. The van der Waals surface area contributed by atoms with E-state index in [0.29, 0.717) is 17.3 Å². The smallest absolute Gasteiger partial charge is 0.266 e. The molecule has 0 bridgehead atoms. The van der Waals surface area contributed by atoms with Crippen molar-refractivity contribution in [2.75, 3.05) is 4.72 Å². The Morgan fingerprint density at radius 2 is 1.95 bits per heavy atom. The van der Waals surface area contributed by atoms with Crippen molar-refractivity contribution in [3.8, 4) is 0 Å². The summed E-state index contributed by atoms with van der Waals surface area (Å²) < 4.78 is 52.5. The van der Waals surface area contributed by atoms with Crippen molar-refractivity contribution < 1.29 is 17.2 Å². The number of aryl methyl sites for hydroxylation is 1. The first kappa shape index (κ1) is 13.5. The molecule has 5 nitrogen and oxygen atoms in total. The Balaban J connectivity index is 2.43. The van der Waals surface area contributed by atoms with Gasteiger partial charge < -0.3 is 0 Å². The molecule has 102 valence electrons. The van der Waals surface area contributed by atoms with E-state index in [1.807, 2.05) is 0 Å². The zero-order valence-corrected chi connectivity index (χ0v) is 11.0. The van der Waals surface area contributed by atoms with Gasteiger partial charge in [-0.25, -0.2) is 17.2 Å². The molecule has 1 heterocycles. The van der Waals surface area contributed by atoms with Crippen LogP contribution in [0.15, 0.2) is 23.1 Å². The molecule has 1 aromatic heterocycles. The van der Waals surface area contributed by atoms with Crippen molar-refractivity contribution in [3.05, 3.63) is 41.1 Å². The minimum atomic E-state index is -4.22. The SMILES string of the molecule is Cc1[nH]nc(NS(=O)(=O)c2cc(F)ccc2F)c1C. The van der Waals surface area contributed by atoms with Gasteiger partial charge in [0.2, 0.25) is 0 Å². The van der Waals surface area contributed by atoms with Gasteiger partial charge in [0.05, 0.1) is 0 Å². The van der Waals surface area contributed by atoms with Crippen LogP contribution in [0.5, 0.6) is 0 Å². The van der Waals surface area contributed by atoms with Crippen molar-refractivity contribution in [1.29, 1.82) is 0 Å². The van der Waals surface area contributed by atoms with Gasteiger partial charge in [0.25, 0.3) is 10.0 Å². The minimum Gasteiger partial charge on any atom is -0.280 e. The van der Waals surface area contributed by atoms with Crippen molar-refractivity contribution in [2.24, 2.45) is 0 Å². The summed E-state index contributed by atoms with van der Waals surface area (Å²) in [6.07, 6.45) is 0. The topological polar surface area (TPSA) is 74.8 Å². The first-order valence-electron chi connectivity index (χ1n) is 5.30. The average Bonchev–Trinajstić information content (AvgIpc) is 2.63. The maximum absolute atomic E-state index is 13.5. The number of H-pyrrole nitrogens is 1. The second-order valence-corrected chi connectivity index (χ2v) is 5.65. The summed E-state index contributed by atoms with van der Waals surface area (Å²) in [6.45, 7) is 3.36. The summed E-state index contributed by atoms with van der Waals surface area (Å²) in [4.78, 5) is -0.757. The fourth-order valence-corrected chi connectivity index (χ4v) is 2.61. The van der Waals surface area contributed by atoms with Gasteiger partial charge in [-0.1, -0.05) is 0 Å². The molecule has 0 aliphatic carbocycles. The van der Waals surface area contributed by atoms with Crippen LogP contribution in [-0.4, -0.2) is 18.6 Å². The Bertz CT molecular complexity index is 726. The normalized spacial score (nSPS) is 11.6. The number of hydrogen-bond donors (Lipinski definition) is 2. The molecule has 0 aliphatic rings. The quantitative estimate of drug-likeness (QED) is 0.907. The Hall–Kier alpha value is -1.96. The number of nitrogens with one attached hydrogen (secondary N) is 2. The predicted molar refractivity (Wildman–Crippen MR) is 65.2 cm³/mol. The third kappa shape index (κ3) is 2.58. The fourth-order valence-electron chi connectivity index (χ4n) is 1.45. The third-order valence-electron chi connectivity index (χ3n) is 2.67. The molecule has 0 unspecified atom stereocenters. The van der Waals surface area contributed by atoms with E-state index in [9.17, 15) is 17.2 Å². The largest absolute Gasteiger partial charge is 0.280 e. The Morgan fingerprint density at radius 3 is 2.53 bits per heavy atom. The fraction of sp³-hybridized carbons (Fsp3) is 0.182. The van der Waals surface area contributed by atoms with E-state index in [1.54, 1.807) is 13.8 Å². The zero-order valence-electron chi connectivity index (χ0n) is 10.2. The van der Waals surface area contributed by atoms with Crippen LogP contribution in [0.1, 0.15) is 11.3 Å². The summed E-state index contributed by atoms with van der Waals surface area (Å²) in [5.41, 5.74) is 1.26. The van der Waals surface area contributed by atoms with Gasteiger partial charge >= 0.3 is 0 Å². The lowest BCUT2D eigenvalue weighted by atomic mass is 10.3. The van der Waals surface area contributed by atoms with Gasteiger partial charge in [0, 0.05) is 11.3 Å². The molecule has 2 rings (SSSR count). The van der Waals surface area contributed by atoms with Crippen LogP contribution in [-0.2, 0) is 10.0 Å². The van der Waals surface area contributed by atoms with Gasteiger partial charge in [0.1, 0.15) is 16.5 Å². The van der Waals surface area contributed by atoms with Crippen molar-refractivity contribution in [1.82, 2.24) is 10.2 Å². The van der Waals surface area contributed by atoms with Gasteiger partial charge in [0.15, 0.2) is 5.82 Å². The molecule has 0 fully saturated rings. The van der Waals surface area contributed by atoms with E-state index >= 15 is 0 Å². The average molecular weight is 287 g/mol. The molecule has 0 radical (unpaired) electrons. The van der Waals surface area contributed by atoms with E-state index in [-0.39, 0.29) is 5.82 Å². The Kier molecular flexibility index (Phi) is 3.27. The molecule has 2 aromatic rings. The first-order valence-corrected chi connectivity index (χ1v) is 6.79. The molecule has 0 saturated heterocycles. The lowest BCUT2D eigenvalue weighted by Crippen LogP contribution is -2.15. The number of halogens is 2. The van der Waals surface area contributed by atoms with Crippen LogP contribution in [0.25, 0.3) is 0 Å². The van der Waals surface area contributed by atoms with Crippen LogP contribution < -0.4 is 4.72 Å². The number of benzene rings is 1. The second kappa shape index (κ2) is 4.61. The molecule has 0 spiro atoms. The maximum atomic E-state index is 13.5. The summed E-state index contributed by atoms with van der Waals surface area (Å²) in [7, 11) is -4.22. The summed E-state index contributed by atoms with van der Waals surface area (Å²) >= 11 is 0. The molecule has 0 amide bonds. The highest BCUT2D eigenvalue weighted by Crippen LogP contribution is 2.21. The Morgan fingerprint density at radius 1 is 1.26 bits per heavy atom. The number of rotatable bonds is 3. The second-order valence-electron chi connectivity index (χ2n) is 4.00. The number of aromatic nitrogens is 2. The van der Waals surface area contributed by atoms with Crippen molar-refractivity contribution in [2.45, 2.75) is 18.7 Å². The first-order chi connectivity index (χ1) is 8.81. The van der Waals surface area contributed by atoms with Crippen LogP contribution in [0.4, 0.5) is 14.6 Å². The molecule has 0 saturated carbocycles. The molecule has 19 heavy (non-hydrogen) atoms. The van der Waals surface area contributed by atoms with E-state index in [2.05, 4.69) is 14.9 Å². The van der Waals surface area contributed by atoms with Gasteiger partial charge in [-0.3, -0.25) is 9.82 Å². The van der Waals surface area contributed by atoms with Crippen LogP contribution in [0.2, 0.25) is 0 Å². The number of sulfonamides is 1. The van der Waals surface area contributed by atoms with Gasteiger partial charge in [-0.2, -0.15) is 5.10 Å². The maximum Gasteiger partial charge on any atom is 0.266 e. The Labute approximate surface area is 108 Å². The third-order valence-corrected chi connectivity index (χ3v) is 4.02. The molecular formula is C11H11F2N3O2S. The number of anilines is 1. The number of hydrogen-bond acceptors (Lipinski definition) is 3. The van der Waals surface area contributed by atoms with E-state index in [1.165, 1.54) is 0 Å². The molecule has 0 aliphatic heterocycles. The summed E-state index contributed by atoms with van der Waals surface area (Å²) in [6, 6.07) is 2.22. The molecule has 0 atom stereocenters. The molecule has 2 N–H and O–H groups in total. The van der Waals surface area contributed by atoms with Gasteiger partial charge in [-0.05, 0) is 32.0 Å². The molecule has 1 aromatic carbocycles. The highest BCUT2D eigenvalue weighted by atomic mass is 32.2. The summed E-state index contributed by atoms with van der Waals surface area (Å²) in [5, 5.41) is 6.34. The standard InChI is InChI=1S/C11H11F2N3O2S/c1-6-7(2)14-15-11(6)16-19(17,18)10-5-8(12)3-4-9(10)13/h3-5H,1-2H3,(H2,14,15,16). The van der Waals surface area contributed by atoms with Crippen molar-refractivity contribution in [3.63, 3.8) is 0 Å². The van der Waals surface area contributed by atoms with Crippen molar-refractivity contribution >= 4 is 15.8 Å². The predicted octanol–water partition coefficient (Wildman–Crippen LogP) is 2.11. The van der Waals surface area contributed by atoms with E-state index in [0.717, 1.165) is 12.1 Å². The van der Waals surface area contributed by atoms with Gasteiger partial charge in [-0.15, -0.1) is 0 Å². The minimum absolute atomic E-state index is 0.0566. The molecule has 8 heteroatoms. The van der Waals surface area contributed by atoms with E-state index in [4.69, 9.17) is 0 Å². The molecular weight excluding hydrogens is 276 g/mol.